The van der Waals surface area contributed by atoms with Crippen molar-refractivity contribution in [3.05, 3.63) is 283 Å². The molecular formula is C90H125Cl2NO2S3. The molecule has 0 fully saturated rings. The van der Waals surface area contributed by atoms with Gasteiger partial charge in [-0.2, -0.15) is 0 Å². The van der Waals surface area contributed by atoms with Crippen LogP contribution in [0.2, 0.25) is 9.36 Å². The highest BCUT2D eigenvalue weighted by atomic mass is 35.5. The molecule has 10 rings (SSSR count). The second-order valence-electron chi connectivity index (χ2n) is 33.1. The summed E-state index contributed by atoms with van der Waals surface area (Å²) in [6.07, 6.45) is 0. The van der Waals surface area contributed by atoms with Crippen molar-refractivity contribution in [3.63, 3.8) is 0 Å². The molecule has 0 bridgehead atoms. The van der Waals surface area contributed by atoms with E-state index in [0.29, 0.717) is 10.8 Å². The molecule has 0 saturated carbocycles. The van der Waals surface area contributed by atoms with Gasteiger partial charge in [-0.3, -0.25) is 10.1 Å². The van der Waals surface area contributed by atoms with Gasteiger partial charge in [0.1, 0.15) is 0 Å². The fourth-order valence-electron chi connectivity index (χ4n) is 9.02. The van der Waals surface area contributed by atoms with Crippen LogP contribution in [0.15, 0.2) is 200 Å². The molecule has 7 aromatic carbocycles. The lowest BCUT2D eigenvalue weighted by molar-refractivity contribution is -0.384. The van der Waals surface area contributed by atoms with Gasteiger partial charge in [-0.1, -0.05) is 361 Å². The number of hydrogen-bond acceptors (Lipinski definition) is 5. The summed E-state index contributed by atoms with van der Waals surface area (Å²) in [4.78, 5) is 15.7. The Morgan fingerprint density at radius 2 is 0.735 bits per heavy atom. The maximum Gasteiger partial charge on any atom is 0.269 e. The second-order valence-corrected chi connectivity index (χ2v) is 37.4. The number of nitrogens with zero attached hydrogens (tertiary/aromatic N) is 1. The summed E-state index contributed by atoms with van der Waals surface area (Å²) < 4.78 is 0.926. The van der Waals surface area contributed by atoms with Crippen molar-refractivity contribution in [2.24, 2.45) is 0 Å². The fraction of sp³-hybridized carbons (Fsp3) is 0.422. The Kier molecular flexibility index (Phi) is 35.4. The fourth-order valence-corrected chi connectivity index (χ4v) is 12.2. The van der Waals surface area contributed by atoms with Crippen LogP contribution in [0.1, 0.15) is 245 Å². The molecule has 3 nitrogen and oxygen atoms in total. The lowest BCUT2D eigenvalue weighted by Crippen LogP contribution is -2.10. The maximum atomic E-state index is 10.4. The predicted molar refractivity (Wildman–Crippen MR) is 447 cm³/mol. The zero-order valence-corrected chi connectivity index (χ0v) is 67.8. The molecular weight excluding hydrogens is 1290 g/mol. The van der Waals surface area contributed by atoms with E-state index in [9.17, 15) is 10.1 Å². The summed E-state index contributed by atoms with van der Waals surface area (Å²) >= 11 is 17.4. The van der Waals surface area contributed by atoms with E-state index in [0.717, 1.165) is 20.5 Å². The molecule has 0 spiro atoms. The molecule has 0 N–H and O–H groups in total. The van der Waals surface area contributed by atoms with Gasteiger partial charge in [0.2, 0.25) is 0 Å². The molecule has 0 aliphatic rings. The second kappa shape index (κ2) is 38.6. The van der Waals surface area contributed by atoms with Gasteiger partial charge in [0.25, 0.3) is 5.69 Å². The number of nitro benzene ring substituents is 1. The SMILES string of the molecule is C.C.CC(C)(C)c1ccc(-c2ccccc2)cc1.CC(C)(C)c1ccc([N+](=O)[O-])cc1.CC(C)(C)c1ccc2ccccc2c1.CC(C)(C)c1cccs1.Cc1cc(C(C)(C)C)sc1Cl.Cc1ccc(C(C)(C)C)cc1.Cc1ccc(C(C)(C)C)cc1Cl.Cc1ccc(C(C)(C)C)s1. The van der Waals surface area contributed by atoms with E-state index in [-0.39, 0.29) is 58.0 Å². The molecule has 0 radical (unpaired) electrons. The smallest absolute Gasteiger partial charge is 0.258 e. The van der Waals surface area contributed by atoms with Gasteiger partial charge >= 0.3 is 0 Å². The first-order chi connectivity index (χ1) is 44.0. The number of non-ortho nitro benzene ring substituents is 1. The third-order valence-electron chi connectivity index (χ3n) is 15.7. The van der Waals surface area contributed by atoms with Crippen LogP contribution in [0, 0.1) is 37.8 Å². The summed E-state index contributed by atoms with van der Waals surface area (Å²) in [6.45, 7) is 61.4. The minimum atomic E-state index is -0.383. The van der Waals surface area contributed by atoms with Gasteiger partial charge in [0.05, 0.1) is 9.26 Å². The van der Waals surface area contributed by atoms with Crippen LogP contribution >= 0.6 is 57.2 Å². The van der Waals surface area contributed by atoms with E-state index in [4.69, 9.17) is 23.2 Å². The third kappa shape index (κ3) is 32.0. The van der Waals surface area contributed by atoms with Crippen LogP contribution in [0.5, 0.6) is 0 Å². The number of halogens is 2. The lowest BCUT2D eigenvalue weighted by atomic mass is 9.86. The zero-order chi connectivity index (χ0) is 73.0. The van der Waals surface area contributed by atoms with Gasteiger partial charge in [0.15, 0.2) is 0 Å². The number of hydrogen-bond donors (Lipinski definition) is 0. The van der Waals surface area contributed by atoms with E-state index < -0.39 is 0 Å². The predicted octanol–water partition coefficient (Wildman–Crippen LogP) is 30.6. The molecule has 3 heterocycles. The van der Waals surface area contributed by atoms with Crippen LogP contribution < -0.4 is 0 Å². The van der Waals surface area contributed by atoms with Crippen molar-refractivity contribution < 1.29 is 4.92 Å². The normalized spacial score (nSPS) is 11.5. The van der Waals surface area contributed by atoms with Crippen LogP contribution in [0.25, 0.3) is 21.9 Å². The number of benzene rings is 7. The van der Waals surface area contributed by atoms with Gasteiger partial charge in [-0.15, -0.1) is 34.0 Å². The third-order valence-corrected chi connectivity index (χ3v) is 20.8. The number of aryl methyl sites for hydroxylation is 4. The Balaban J connectivity index is 0.000000562. The molecule has 0 aliphatic carbocycles. The van der Waals surface area contributed by atoms with Crippen molar-refractivity contribution in [2.75, 3.05) is 0 Å². The summed E-state index contributed by atoms with van der Waals surface area (Å²) in [5, 5.41) is 16.0. The standard InChI is InChI=1S/C16H18.C14H16.C11H15Cl.C11H16.C10H13NO2.C9H13ClS.C9H14S.C8H12S.2CH4/c1-16(2,3)15-11-9-14(10-12-15)13-7-5-4-6-8-13;1-14(2,3)13-9-8-11-6-4-5-7-12(11)10-13;1-8-5-6-9(7-10(8)12)11(2,3)4;1-9-5-7-10(8-6-9)11(2,3)4;1-10(2,3)8-4-6-9(7-5-8)11(12)13;1-6-5-7(9(2,3)4)11-8(6)10;1-7-5-6-8(10-7)9(2,3)4;1-8(2,3)7-5-4-6-9-7;;/h4-12H,1-3H3;4-10H,1-3H3;5-7H,1-4H3;5-8H,1-4H3;4-7H,1-3H3;5H,1-4H3;5-6H,1-4H3;4-6H,1-3H3;2*1H4. The molecule has 3 aromatic heterocycles. The molecule has 0 aliphatic heterocycles. The van der Waals surface area contributed by atoms with Crippen molar-refractivity contribution in [1.29, 1.82) is 0 Å². The average molecular weight is 1420 g/mol. The molecule has 534 valence electrons. The van der Waals surface area contributed by atoms with Gasteiger partial charge in [0, 0.05) is 36.7 Å². The Labute approximate surface area is 620 Å². The molecule has 0 atom stereocenters. The highest BCUT2D eigenvalue weighted by Gasteiger charge is 2.20. The number of nitro groups is 1. The number of fused-ring (bicyclic) bond motifs is 1. The average Bonchev–Trinajstić information content (AvgIpc) is 1.25. The van der Waals surface area contributed by atoms with Gasteiger partial charge < -0.3 is 0 Å². The van der Waals surface area contributed by atoms with E-state index in [1.165, 1.54) is 74.8 Å². The number of thiophene rings is 3. The van der Waals surface area contributed by atoms with Gasteiger partial charge in [-0.05, 0) is 168 Å². The van der Waals surface area contributed by atoms with E-state index in [1.54, 1.807) is 35.6 Å². The Bertz CT molecular complexity index is 3870. The molecule has 98 heavy (non-hydrogen) atoms. The Morgan fingerprint density at radius 3 is 1.08 bits per heavy atom. The highest BCUT2D eigenvalue weighted by Crippen LogP contribution is 2.36. The minimum absolute atomic E-state index is 0. The van der Waals surface area contributed by atoms with Crippen molar-refractivity contribution in [2.45, 2.75) is 252 Å². The summed E-state index contributed by atoms with van der Waals surface area (Å²) in [5.41, 5.74) is 14.9. The summed E-state index contributed by atoms with van der Waals surface area (Å²) in [6, 6.07) is 67.1. The molecule has 8 heteroatoms. The van der Waals surface area contributed by atoms with E-state index in [1.807, 2.05) is 42.6 Å². The largest absolute Gasteiger partial charge is 0.269 e. The van der Waals surface area contributed by atoms with Crippen LogP contribution in [0.4, 0.5) is 5.69 Å². The first kappa shape index (κ1) is 89.9. The maximum absolute atomic E-state index is 10.4. The summed E-state index contributed by atoms with van der Waals surface area (Å²) in [5.74, 6) is 0. The van der Waals surface area contributed by atoms with Crippen molar-refractivity contribution in [3.8, 4) is 11.1 Å². The van der Waals surface area contributed by atoms with Crippen LogP contribution in [0.3, 0.4) is 0 Å². The Hall–Kier alpha value is -6.12. The molecule has 10 aromatic rings. The summed E-state index contributed by atoms with van der Waals surface area (Å²) in [7, 11) is 0. The molecule has 0 saturated heterocycles. The topological polar surface area (TPSA) is 43.1 Å². The number of rotatable bonds is 2. The van der Waals surface area contributed by atoms with E-state index >= 15 is 0 Å². The molecule has 0 amide bonds. The zero-order valence-electron chi connectivity index (χ0n) is 63.8. The minimum Gasteiger partial charge on any atom is -0.258 e. The van der Waals surface area contributed by atoms with E-state index in [2.05, 4.69) is 349 Å². The van der Waals surface area contributed by atoms with Crippen molar-refractivity contribution >= 4 is 73.7 Å². The first-order valence-corrected chi connectivity index (χ1v) is 36.9. The quantitative estimate of drug-likeness (QED) is 0.128. The van der Waals surface area contributed by atoms with Crippen LogP contribution in [-0.2, 0) is 43.3 Å². The highest BCUT2D eigenvalue weighted by molar-refractivity contribution is 7.16. The Morgan fingerprint density at radius 1 is 0.337 bits per heavy atom. The van der Waals surface area contributed by atoms with Crippen molar-refractivity contribution in [1.82, 2.24) is 0 Å². The monoisotopic (exact) mass is 1420 g/mol. The lowest BCUT2D eigenvalue weighted by Gasteiger charge is -2.19. The first-order valence-electron chi connectivity index (χ1n) is 33.6. The molecule has 0 unspecified atom stereocenters. The van der Waals surface area contributed by atoms with Crippen LogP contribution in [-0.4, -0.2) is 4.92 Å². The van der Waals surface area contributed by atoms with Gasteiger partial charge in [-0.25, -0.2) is 0 Å².